The zero-order valence-electron chi connectivity index (χ0n) is 14.1. The van der Waals surface area contributed by atoms with E-state index in [1.165, 1.54) is 16.8 Å². The van der Waals surface area contributed by atoms with Crippen molar-refractivity contribution < 1.29 is 4.74 Å². The second-order valence-corrected chi connectivity index (χ2v) is 6.55. The Hall–Kier alpha value is -2.17. The average Bonchev–Trinajstić information content (AvgIpc) is 2.99. The summed E-state index contributed by atoms with van der Waals surface area (Å²) in [5.41, 5.74) is 4.69. The highest BCUT2D eigenvalue weighted by Gasteiger charge is 2.08. The Labute approximate surface area is 146 Å². The van der Waals surface area contributed by atoms with E-state index in [0.29, 0.717) is 0 Å². The fourth-order valence-electron chi connectivity index (χ4n) is 2.57. The first-order valence-electron chi connectivity index (χ1n) is 8.12. The molecule has 3 rings (SSSR count). The van der Waals surface area contributed by atoms with Gasteiger partial charge < -0.3 is 9.30 Å². The van der Waals surface area contributed by atoms with Crippen LogP contribution in [0.4, 0.5) is 5.69 Å². The molecule has 0 unspecified atom stereocenters. The Morgan fingerprint density at radius 2 is 1.79 bits per heavy atom. The predicted molar refractivity (Wildman–Crippen MR) is 101 cm³/mol. The van der Waals surface area contributed by atoms with Crippen molar-refractivity contribution >= 4 is 17.0 Å². The normalized spacial score (nSPS) is 11.8. The van der Waals surface area contributed by atoms with Gasteiger partial charge in [0, 0.05) is 25.6 Å². The summed E-state index contributed by atoms with van der Waals surface area (Å²) in [5.74, 6) is 0. The lowest BCUT2D eigenvalue weighted by Crippen LogP contribution is -2.17. The molecular weight excluding hydrogens is 316 g/mol. The first-order chi connectivity index (χ1) is 11.8. The maximum Gasteiger partial charge on any atom is 0.190 e. The molecule has 1 aromatic heterocycles. The van der Waals surface area contributed by atoms with E-state index in [0.717, 1.165) is 30.1 Å². The van der Waals surface area contributed by atoms with Crippen LogP contribution in [-0.2, 0) is 11.3 Å². The third-order valence-electron chi connectivity index (χ3n) is 3.86. The van der Waals surface area contributed by atoms with Gasteiger partial charge in [0.25, 0.3) is 0 Å². The van der Waals surface area contributed by atoms with Crippen molar-refractivity contribution in [2.45, 2.75) is 19.9 Å². The number of rotatable bonds is 6. The molecule has 0 spiro atoms. The summed E-state index contributed by atoms with van der Waals surface area (Å²) < 4.78 is 7.51. The van der Waals surface area contributed by atoms with Crippen molar-refractivity contribution in [1.82, 2.24) is 4.57 Å². The number of ether oxygens (including phenoxy) is 1. The van der Waals surface area contributed by atoms with Gasteiger partial charge in [0.15, 0.2) is 4.80 Å². The van der Waals surface area contributed by atoms with E-state index in [-0.39, 0.29) is 0 Å². The number of methoxy groups -OCH3 is 1. The largest absolute Gasteiger partial charge is 0.385 e. The van der Waals surface area contributed by atoms with Gasteiger partial charge in [0.2, 0.25) is 0 Å². The third kappa shape index (κ3) is 4.02. The van der Waals surface area contributed by atoms with E-state index in [2.05, 4.69) is 41.1 Å². The van der Waals surface area contributed by atoms with Gasteiger partial charge in [0.05, 0.1) is 11.4 Å². The molecule has 124 valence electrons. The highest BCUT2D eigenvalue weighted by Crippen LogP contribution is 2.21. The molecule has 0 atom stereocenters. The standard InChI is InChI=1S/C20H22N2OS/c1-16-9-11-17(12-10-16)19-15-24-20(22(19)13-6-14-23-2)21-18-7-4-3-5-8-18/h3-5,7-12,15H,6,13-14H2,1-2H3. The van der Waals surface area contributed by atoms with Gasteiger partial charge in [-0.1, -0.05) is 48.0 Å². The van der Waals surface area contributed by atoms with Crippen LogP contribution < -0.4 is 4.80 Å². The molecule has 0 bridgehead atoms. The zero-order valence-corrected chi connectivity index (χ0v) is 14.9. The Morgan fingerprint density at radius 1 is 1.04 bits per heavy atom. The highest BCUT2D eigenvalue weighted by atomic mass is 32.1. The SMILES string of the molecule is COCCCn1c(-c2ccc(C)cc2)csc1=Nc1ccccc1. The van der Waals surface area contributed by atoms with Crippen LogP contribution in [0.2, 0.25) is 0 Å². The fraction of sp³-hybridized carbons (Fsp3) is 0.250. The van der Waals surface area contributed by atoms with E-state index in [1.54, 1.807) is 18.4 Å². The molecule has 0 aliphatic heterocycles. The molecule has 0 fully saturated rings. The summed E-state index contributed by atoms with van der Waals surface area (Å²) in [5, 5.41) is 2.19. The first kappa shape index (κ1) is 16.7. The maximum absolute atomic E-state index is 5.22. The van der Waals surface area contributed by atoms with Crippen LogP contribution in [0.5, 0.6) is 0 Å². The smallest absolute Gasteiger partial charge is 0.190 e. The molecule has 0 saturated carbocycles. The summed E-state index contributed by atoms with van der Waals surface area (Å²) in [4.78, 5) is 5.85. The first-order valence-corrected chi connectivity index (χ1v) is 9.00. The molecule has 0 saturated heterocycles. The molecule has 0 aliphatic carbocycles. The van der Waals surface area contributed by atoms with Crippen LogP contribution in [-0.4, -0.2) is 18.3 Å². The number of thiazole rings is 1. The van der Waals surface area contributed by atoms with Crippen LogP contribution in [0.3, 0.4) is 0 Å². The molecular formula is C20H22N2OS. The number of para-hydroxylation sites is 1. The van der Waals surface area contributed by atoms with E-state index in [9.17, 15) is 0 Å². The van der Waals surface area contributed by atoms with Gasteiger partial charge >= 0.3 is 0 Å². The fourth-order valence-corrected chi connectivity index (χ4v) is 3.53. The van der Waals surface area contributed by atoms with Crippen LogP contribution >= 0.6 is 11.3 Å². The minimum atomic E-state index is 0.751. The van der Waals surface area contributed by atoms with Gasteiger partial charge in [-0.25, -0.2) is 4.99 Å². The monoisotopic (exact) mass is 338 g/mol. The van der Waals surface area contributed by atoms with E-state index in [1.807, 2.05) is 30.3 Å². The Morgan fingerprint density at radius 3 is 2.50 bits per heavy atom. The quantitative estimate of drug-likeness (QED) is 0.593. The molecule has 3 nitrogen and oxygen atoms in total. The van der Waals surface area contributed by atoms with Crippen molar-refractivity contribution in [2.24, 2.45) is 4.99 Å². The Bertz CT molecular complexity index is 832. The number of aryl methyl sites for hydroxylation is 1. The average molecular weight is 338 g/mol. The van der Waals surface area contributed by atoms with Crippen molar-refractivity contribution in [3.8, 4) is 11.3 Å². The summed E-state index contributed by atoms with van der Waals surface area (Å²) in [7, 11) is 1.74. The van der Waals surface area contributed by atoms with Gasteiger partial charge in [-0.05, 0) is 31.0 Å². The lowest BCUT2D eigenvalue weighted by Gasteiger charge is -2.09. The van der Waals surface area contributed by atoms with Gasteiger partial charge in [-0.3, -0.25) is 0 Å². The highest BCUT2D eigenvalue weighted by molar-refractivity contribution is 7.07. The summed E-state index contributed by atoms with van der Waals surface area (Å²) in [6.07, 6.45) is 0.966. The molecule has 2 aromatic carbocycles. The summed E-state index contributed by atoms with van der Waals surface area (Å²) >= 11 is 1.68. The molecule has 0 radical (unpaired) electrons. The minimum Gasteiger partial charge on any atom is -0.385 e. The van der Waals surface area contributed by atoms with E-state index in [4.69, 9.17) is 9.73 Å². The summed E-state index contributed by atoms with van der Waals surface area (Å²) in [6, 6.07) is 18.8. The Balaban J connectivity index is 2.03. The molecule has 0 amide bonds. The number of hydrogen-bond acceptors (Lipinski definition) is 3. The topological polar surface area (TPSA) is 26.5 Å². The van der Waals surface area contributed by atoms with Crippen molar-refractivity contribution in [1.29, 1.82) is 0 Å². The second-order valence-electron chi connectivity index (χ2n) is 5.71. The van der Waals surface area contributed by atoms with Crippen molar-refractivity contribution in [2.75, 3.05) is 13.7 Å². The van der Waals surface area contributed by atoms with Gasteiger partial charge in [-0.2, -0.15) is 0 Å². The zero-order chi connectivity index (χ0) is 16.8. The number of nitrogens with zero attached hydrogens (tertiary/aromatic N) is 2. The second kappa shape index (κ2) is 8.08. The molecule has 0 N–H and O–H groups in total. The minimum absolute atomic E-state index is 0.751. The molecule has 3 aromatic rings. The molecule has 1 heterocycles. The van der Waals surface area contributed by atoms with Crippen LogP contribution in [0, 0.1) is 6.92 Å². The van der Waals surface area contributed by atoms with Crippen LogP contribution in [0.15, 0.2) is 65.0 Å². The van der Waals surface area contributed by atoms with Gasteiger partial charge in [0.1, 0.15) is 0 Å². The van der Waals surface area contributed by atoms with Crippen LogP contribution in [0.1, 0.15) is 12.0 Å². The lowest BCUT2D eigenvalue weighted by atomic mass is 10.1. The number of aromatic nitrogens is 1. The predicted octanol–water partition coefficient (Wildman–Crippen LogP) is 4.79. The molecule has 4 heteroatoms. The third-order valence-corrected chi connectivity index (χ3v) is 4.72. The number of benzene rings is 2. The molecule has 0 aliphatic rings. The van der Waals surface area contributed by atoms with Crippen molar-refractivity contribution in [3.63, 3.8) is 0 Å². The van der Waals surface area contributed by atoms with Crippen molar-refractivity contribution in [3.05, 3.63) is 70.3 Å². The summed E-state index contributed by atoms with van der Waals surface area (Å²) in [6.45, 7) is 3.76. The van der Waals surface area contributed by atoms with E-state index >= 15 is 0 Å². The van der Waals surface area contributed by atoms with E-state index < -0.39 is 0 Å². The molecule has 24 heavy (non-hydrogen) atoms. The number of hydrogen-bond donors (Lipinski definition) is 0. The Kier molecular flexibility index (Phi) is 5.62. The lowest BCUT2D eigenvalue weighted by molar-refractivity contribution is 0.190. The maximum atomic E-state index is 5.22. The van der Waals surface area contributed by atoms with Crippen LogP contribution in [0.25, 0.3) is 11.3 Å². The van der Waals surface area contributed by atoms with Gasteiger partial charge in [-0.15, -0.1) is 11.3 Å².